The molecule has 3 aromatic carbocycles. The lowest BCUT2D eigenvalue weighted by Crippen LogP contribution is -2.00. The Morgan fingerprint density at radius 1 is 0.912 bits per heavy atom. The van der Waals surface area contributed by atoms with Crippen molar-refractivity contribution in [3.8, 4) is 11.5 Å². The number of rotatable bonds is 8. The van der Waals surface area contributed by atoms with Crippen LogP contribution in [0.2, 0.25) is 0 Å². The number of benzene rings is 3. The standard InChI is InChI=1S/C27H22N2O5/c1-2-18-13-22(14-24-25(18)29-26(34-24)27(30)31)32-15-17-6-5-8-21(12-17)33-16-20-11-10-19-7-3-4-9-23(19)28-20/h3-14H,2,15-16H2,1H3,(H,30,31). The quantitative estimate of drug-likeness (QED) is 0.317. The molecular formula is C27H22N2O5. The Kier molecular flexibility index (Phi) is 5.82. The molecule has 0 amide bonds. The van der Waals surface area contributed by atoms with E-state index in [1.807, 2.05) is 73.7 Å². The smallest absolute Gasteiger partial charge is 0.392 e. The van der Waals surface area contributed by atoms with E-state index in [1.54, 1.807) is 6.07 Å². The molecule has 0 saturated heterocycles. The van der Waals surface area contributed by atoms with Crippen molar-refractivity contribution in [2.75, 3.05) is 0 Å². The number of aryl methyl sites for hydroxylation is 1. The van der Waals surface area contributed by atoms with Gasteiger partial charge in [0.05, 0.1) is 11.2 Å². The fourth-order valence-corrected chi connectivity index (χ4v) is 3.75. The first-order chi connectivity index (χ1) is 16.6. The molecule has 7 nitrogen and oxygen atoms in total. The van der Waals surface area contributed by atoms with E-state index >= 15 is 0 Å². The highest BCUT2D eigenvalue weighted by atomic mass is 16.5. The Balaban J connectivity index is 1.27. The van der Waals surface area contributed by atoms with Crippen LogP contribution in [0.4, 0.5) is 0 Å². The summed E-state index contributed by atoms with van der Waals surface area (Å²) in [5.41, 5.74) is 4.54. The Bertz CT molecular complexity index is 1490. The van der Waals surface area contributed by atoms with Crippen LogP contribution >= 0.6 is 0 Å². The average molecular weight is 454 g/mol. The molecule has 1 N–H and O–H groups in total. The molecule has 0 bridgehead atoms. The van der Waals surface area contributed by atoms with E-state index in [0.717, 1.165) is 33.5 Å². The summed E-state index contributed by atoms with van der Waals surface area (Å²) < 4.78 is 17.3. The van der Waals surface area contributed by atoms with Gasteiger partial charge in [-0.3, -0.25) is 0 Å². The molecule has 0 unspecified atom stereocenters. The summed E-state index contributed by atoms with van der Waals surface area (Å²) in [6, 6.07) is 23.2. The van der Waals surface area contributed by atoms with Crippen molar-refractivity contribution < 1.29 is 23.8 Å². The summed E-state index contributed by atoms with van der Waals surface area (Å²) in [5, 5.41) is 10.3. The third-order valence-electron chi connectivity index (χ3n) is 5.46. The van der Waals surface area contributed by atoms with Gasteiger partial charge in [0.25, 0.3) is 0 Å². The Morgan fingerprint density at radius 2 is 1.76 bits per heavy atom. The highest BCUT2D eigenvalue weighted by molar-refractivity contribution is 5.88. The van der Waals surface area contributed by atoms with Crippen LogP contribution in [-0.2, 0) is 19.6 Å². The lowest BCUT2D eigenvalue weighted by molar-refractivity contribution is 0.0656. The molecule has 5 rings (SSSR count). The highest BCUT2D eigenvalue weighted by Crippen LogP contribution is 2.27. The molecule has 7 heteroatoms. The second-order valence-corrected chi connectivity index (χ2v) is 7.83. The zero-order valence-electron chi connectivity index (χ0n) is 18.5. The monoisotopic (exact) mass is 454 g/mol. The number of ether oxygens (including phenoxy) is 2. The maximum atomic E-state index is 11.2. The fourth-order valence-electron chi connectivity index (χ4n) is 3.75. The van der Waals surface area contributed by atoms with Gasteiger partial charge in [-0.2, -0.15) is 0 Å². The molecule has 0 aliphatic carbocycles. The largest absolute Gasteiger partial charge is 0.489 e. The second-order valence-electron chi connectivity index (χ2n) is 7.83. The molecule has 0 fully saturated rings. The van der Waals surface area contributed by atoms with E-state index in [0.29, 0.717) is 36.5 Å². The number of fused-ring (bicyclic) bond motifs is 2. The zero-order chi connectivity index (χ0) is 23.5. The molecule has 0 saturated carbocycles. The van der Waals surface area contributed by atoms with Crippen LogP contribution in [0.5, 0.6) is 11.5 Å². The van der Waals surface area contributed by atoms with Crippen molar-refractivity contribution in [2.24, 2.45) is 0 Å². The van der Waals surface area contributed by atoms with Crippen LogP contribution in [0, 0.1) is 0 Å². The highest BCUT2D eigenvalue weighted by Gasteiger charge is 2.16. The van der Waals surface area contributed by atoms with Crippen LogP contribution in [0.25, 0.3) is 22.0 Å². The number of carboxylic acids is 1. The zero-order valence-corrected chi connectivity index (χ0v) is 18.5. The van der Waals surface area contributed by atoms with Gasteiger partial charge in [0.2, 0.25) is 0 Å². The van der Waals surface area contributed by atoms with Gasteiger partial charge in [-0.05, 0) is 47.9 Å². The van der Waals surface area contributed by atoms with Gasteiger partial charge in [-0.15, -0.1) is 0 Å². The number of para-hydroxylation sites is 1. The predicted molar refractivity (Wildman–Crippen MR) is 127 cm³/mol. The second kappa shape index (κ2) is 9.23. The lowest BCUT2D eigenvalue weighted by Gasteiger charge is -2.10. The Hall–Kier alpha value is -4.39. The van der Waals surface area contributed by atoms with Crippen LogP contribution in [0.15, 0.2) is 77.2 Å². The van der Waals surface area contributed by atoms with Gasteiger partial charge in [-0.25, -0.2) is 14.8 Å². The van der Waals surface area contributed by atoms with E-state index in [2.05, 4.69) is 9.97 Å². The normalized spacial score (nSPS) is 11.1. The van der Waals surface area contributed by atoms with Gasteiger partial charge in [0, 0.05) is 11.5 Å². The maximum absolute atomic E-state index is 11.2. The number of pyridine rings is 1. The molecule has 0 atom stereocenters. The number of nitrogens with zero attached hydrogens (tertiary/aromatic N) is 2. The van der Waals surface area contributed by atoms with E-state index in [4.69, 9.17) is 19.0 Å². The first-order valence-corrected chi connectivity index (χ1v) is 10.9. The molecule has 0 radical (unpaired) electrons. The third kappa shape index (κ3) is 4.54. The minimum absolute atomic E-state index is 0.319. The number of carbonyl (C=O) groups is 1. The SMILES string of the molecule is CCc1cc(OCc2cccc(OCc3ccc4ccccc4n3)c2)cc2oc(C(=O)O)nc12. The van der Waals surface area contributed by atoms with Gasteiger partial charge < -0.3 is 19.0 Å². The van der Waals surface area contributed by atoms with Crippen LogP contribution in [0.1, 0.15) is 34.4 Å². The number of aromatic nitrogens is 2. The first-order valence-electron chi connectivity index (χ1n) is 10.9. The van der Waals surface area contributed by atoms with Crippen molar-refractivity contribution in [2.45, 2.75) is 26.6 Å². The van der Waals surface area contributed by atoms with E-state index in [9.17, 15) is 4.79 Å². The fraction of sp³-hybridized carbons (Fsp3) is 0.148. The maximum Gasteiger partial charge on any atom is 0.392 e. The Labute approximate surface area is 195 Å². The van der Waals surface area contributed by atoms with Crippen molar-refractivity contribution in [3.63, 3.8) is 0 Å². The molecule has 0 aliphatic heterocycles. The molecule has 0 spiro atoms. The summed E-state index contributed by atoms with van der Waals surface area (Å²) in [6.07, 6.45) is 0.672. The van der Waals surface area contributed by atoms with Crippen molar-refractivity contribution in [1.82, 2.24) is 9.97 Å². The summed E-state index contributed by atoms with van der Waals surface area (Å²) >= 11 is 0. The predicted octanol–water partition coefficient (Wildman–Crippen LogP) is 5.79. The average Bonchev–Trinajstić information content (AvgIpc) is 3.31. The molecular weight excluding hydrogens is 432 g/mol. The lowest BCUT2D eigenvalue weighted by atomic mass is 10.1. The summed E-state index contributed by atoms with van der Waals surface area (Å²) in [5.74, 6) is -0.213. The van der Waals surface area contributed by atoms with Gasteiger partial charge in [0.1, 0.15) is 30.2 Å². The van der Waals surface area contributed by atoms with E-state index in [-0.39, 0.29) is 5.89 Å². The van der Waals surface area contributed by atoms with Crippen molar-refractivity contribution >= 4 is 28.0 Å². The van der Waals surface area contributed by atoms with Crippen LogP contribution < -0.4 is 9.47 Å². The minimum Gasteiger partial charge on any atom is -0.489 e. The minimum atomic E-state index is -1.20. The molecule has 170 valence electrons. The number of carboxylic acid groups (broad SMARTS) is 1. The summed E-state index contributed by atoms with van der Waals surface area (Å²) in [6.45, 7) is 2.65. The number of oxazole rings is 1. The molecule has 34 heavy (non-hydrogen) atoms. The number of hydrogen-bond acceptors (Lipinski definition) is 6. The summed E-state index contributed by atoms with van der Waals surface area (Å²) in [7, 11) is 0. The summed E-state index contributed by atoms with van der Waals surface area (Å²) in [4.78, 5) is 19.9. The topological polar surface area (TPSA) is 94.7 Å². The van der Waals surface area contributed by atoms with Crippen molar-refractivity contribution in [1.29, 1.82) is 0 Å². The first kappa shape index (κ1) is 21.5. The van der Waals surface area contributed by atoms with E-state index < -0.39 is 5.97 Å². The molecule has 2 heterocycles. The third-order valence-corrected chi connectivity index (χ3v) is 5.46. The number of hydrogen-bond donors (Lipinski definition) is 1. The van der Waals surface area contributed by atoms with Gasteiger partial charge in [0.15, 0.2) is 5.58 Å². The van der Waals surface area contributed by atoms with Crippen LogP contribution in [0.3, 0.4) is 0 Å². The van der Waals surface area contributed by atoms with Gasteiger partial charge >= 0.3 is 11.9 Å². The molecule has 2 aromatic heterocycles. The van der Waals surface area contributed by atoms with Gasteiger partial charge in [-0.1, -0.05) is 43.3 Å². The molecule has 5 aromatic rings. The van der Waals surface area contributed by atoms with E-state index in [1.165, 1.54) is 0 Å². The van der Waals surface area contributed by atoms with Crippen LogP contribution in [-0.4, -0.2) is 21.0 Å². The van der Waals surface area contributed by atoms with Crippen molar-refractivity contribution in [3.05, 3.63) is 95.5 Å². The molecule has 0 aliphatic rings. The number of aromatic carboxylic acids is 1. The Morgan fingerprint density at radius 3 is 2.62 bits per heavy atom.